The Bertz CT molecular complexity index is 514. The van der Waals surface area contributed by atoms with Gasteiger partial charge in [-0.3, -0.25) is 4.79 Å². The maximum atomic E-state index is 13.3. The van der Waals surface area contributed by atoms with Crippen LogP contribution in [0.15, 0.2) is 12.1 Å². The zero-order chi connectivity index (χ0) is 15.4. The number of urea groups is 1. The van der Waals surface area contributed by atoms with Gasteiger partial charge < -0.3 is 15.7 Å². The standard InChI is InChI=1S/C12H13F3N2O3/c1-5(11(18)19)6(2)16-12(20)17-10-8(14)3-7(13)4-9(10)15/h3-6H,1-2H3,(H,18,19)(H2,16,17,20). The summed E-state index contributed by atoms with van der Waals surface area (Å²) >= 11 is 0. The van der Waals surface area contributed by atoms with Gasteiger partial charge in [0.2, 0.25) is 0 Å². The summed E-state index contributed by atoms with van der Waals surface area (Å²) in [6, 6.07) is -0.918. The Hall–Kier alpha value is -2.25. The lowest BCUT2D eigenvalue weighted by atomic mass is 10.0. The summed E-state index contributed by atoms with van der Waals surface area (Å²) in [5.74, 6) is -5.66. The molecule has 0 radical (unpaired) electrons. The molecule has 3 N–H and O–H groups in total. The Morgan fingerprint density at radius 1 is 1.15 bits per heavy atom. The van der Waals surface area contributed by atoms with Gasteiger partial charge in [0.25, 0.3) is 0 Å². The lowest BCUT2D eigenvalue weighted by Gasteiger charge is -2.18. The number of rotatable bonds is 4. The Labute approximate surface area is 112 Å². The molecule has 0 aliphatic rings. The van der Waals surface area contributed by atoms with E-state index in [9.17, 15) is 22.8 Å². The second-order valence-electron chi connectivity index (χ2n) is 4.26. The number of anilines is 1. The Morgan fingerprint density at radius 3 is 2.10 bits per heavy atom. The zero-order valence-electron chi connectivity index (χ0n) is 10.7. The molecule has 0 aromatic heterocycles. The number of halogens is 3. The van der Waals surface area contributed by atoms with Crippen LogP contribution in [0.25, 0.3) is 0 Å². The number of hydrogen-bond acceptors (Lipinski definition) is 2. The van der Waals surface area contributed by atoms with Crippen molar-refractivity contribution in [1.29, 1.82) is 0 Å². The van der Waals surface area contributed by atoms with Gasteiger partial charge in [-0.05, 0) is 13.8 Å². The molecule has 5 nitrogen and oxygen atoms in total. The van der Waals surface area contributed by atoms with Gasteiger partial charge in [-0.1, -0.05) is 0 Å². The van der Waals surface area contributed by atoms with Crippen LogP contribution in [0, 0.1) is 23.4 Å². The van der Waals surface area contributed by atoms with Gasteiger partial charge in [-0.15, -0.1) is 0 Å². The van der Waals surface area contributed by atoms with Crippen molar-refractivity contribution in [2.75, 3.05) is 5.32 Å². The second kappa shape index (κ2) is 6.27. The SMILES string of the molecule is CC(NC(=O)Nc1c(F)cc(F)cc1F)C(C)C(=O)O. The minimum absolute atomic E-state index is 0.419. The number of carboxylic acids is 1. The fraction of sp³-hybridized carbons (Fsp3) is 0.333. The fourth-order valence-electron chi connectivity index (χ4n) is 1.36. The normalized spacial score (nSPS) is 13.4. The quantitative estimate of drug-likeness (QED) is 0.796. The van der Waals surface area contributed by atoms with Gasteiger partial charge in [0.15, 0.2) is 11.6 Å². The predicted octanol–water partition coefficient (Wildman–Crippen LogP) is 2.33. The summed E-state index contributed by atoms with van der Waals surface area (Å²) in [4.78, 5) is 22.2. The lowest BCUT2D eigenvalue weighted by molar-refractivity contribution is -0.141. The van der Waals surface area contributed by atoms with Crippen LogP contribution >= 0.6 is 0 Å². The van der Waals surface area contributed by atoms with Crippen LogP contribution in [-0.4, -0.2) is 23.1 Å². The zero-order valence-corrected chi connectivity index (χ0v) is 10.7. The summed E-state index contributed by atoms with van der Waals surface area (Å²) < 4.78 is 39.2. The van der Waals surface area contributed by atoms with Crippen LogP contribution in [0.3, 0.4) is 0 Å². The first-order valence-electron chi connectivity index (χ1n) is 5.67. The van der Waals surface area contributed by atoms with Crippen LogP contribution in [0.5, 0.6) is 0 Å². The third-order valence-electron chi connectivity index (χ3n) is 2.74. The minimum atomic E-state index is -1.27. The molecule has 2 unspecified atom stereocenters. The Kier molecular flexibility index (Phi) is 4.95. The van der Waals surface area contributed by atoms with E-state index < -0.39 is 47.1 Å². The third-order valence-corrected chi connectivity index (χ3v) is 2.74. The molecule has 2 amide bonds. The van der Waals surface area contributed by atoms with Gasteiger partial charge in [-0.2, -0.15) is 0 Å². The van der Waals surface area contributed by atoms with Crippen LogP contribution < -0.4 is 10.6 Å². The molecule has 1 rings (SSSR count). The molecule has 0 aliphatic heterocycles. The fourth-order valence-corrected chi connectivity index (χ4v) is 1.36. The molecule has 0 saturated heterocycles. The summed E-state index contributed by atoms with van der Waals surface area (Å²) in [6.45, 7) is 2.79. The molecule has 20 heavy (non-hydrogen) atoms. The molecule has 1 aromatic rings. The van der Waals surface area contributed by atoms with E-state index in [2.05, 4.69) is 5.32 Å². The molecule has 8 heteroatoms. The van der Waals surface area contributed by atoms with Gasteiger partial charge in [0, 0.05) is 18.2 Å². The van der Waals surface area contributed by atoms with Crippen LogP contribution in [0.2, 0.25) is 0 Å². The highest BCUT2D eigenvalue weighted by Gasteiger charge is 2.22. The average Bonchev–Trinajstić information content (AvgIpc) is 2.32. The van der Waals surface area contributed by atoms with Crippen molar-refractivity contribution in [2.45, 2.75) is 19.9 Å². The van der Waals surface area contributed by atoms with Crippen molar-refractivity contribution >= 4 is 17.7 Å². The first-order chi connectivity index (χ1) is 9.22. The van der Waals surface area contributed by atoms with E-state index >= 15 is 0 Å². The van der Waals surface area contributed by atoms with E-state index in [1.807, 2.05) is 5.32 Å². The Balaban J connectivity index is 2.75. The van der Waals surface area contributed by atoms with E-state index in [0.29, 0.717) is 12.1 Å². The molecule has 0 aliphatic carbocycles. The van der Waals surface area contributed by atoms with Gasteiger partial charge in [0.1, 0.15) is 11.5 Å². The molecule has 0 bridgehead atoms. The largest absolute Gasteiger partial charge is 0.481 e. The van der Waals surface area contributed by atoms with Crippen LogP contribution in [-0.2, 0) is 4.79 Å². The molecule has 0 heterocycles. The van der Waals surface area contributed by atoms with Crippen LogP contribution in [0.1, 0.15) is 13.8 Å². The number of benzene rings is 1. The number of hydrogen-bond donors (Lipinski definition) is 3. The average molecular weight is 290 g/mol. The van der Waals surface area contributed by atoms with Crippen LogP contribution in [0.4, 0.5) is 23.7 Å². The molecular formula is C12H13F3N2O3. The number of amides is 2. The van der Waals surface area contributed by atoms with Gasteiger partial charge in [0.05, 0.1) is 5.92 Å². The number of carboxylic acid groups (broad SMARTS) is 1. The molecule has 0 fully saturated rings. The first-order valence-corrected chi connectivity index (χ1v) is 5.67. The monoisotopic (exact) mass is 290 g/mol. The third kappa shape index (κ3) is 3.87. The summed E-state index contributed by atoms with van der Waals surface area (Å²) in [6.07, 6.45) is 0. The van der Waals surface area contributed by atoms with Crippen molar-refractivity contribution in [3.63, 3.8) is 0 Å². The summed E-state index contributed by atoms with van der Waals surface area (Å²) in [7, 11) is 0. The van der Waals surface area contributed by atoms with Gasteiger partial charge in [-0.25, -0.2) is 18.0 Å². The topological polar surface area (TPSA) is 78.4 Å². The second-order valence-corrected chi connectivity index (χ2v) is 4.26. The molecular weight excluding hydrogens is 277 g/mol. The summed E-state index contributed by atoms with van der Waals surface area (Å²) in [5, 5.41) is 12.8. The number of aliphatic carboxylic acids is 1. The summed E-state index contributed by atoms with van der Waals surface area (Å²) in [5.41, 5.74) is -0.806. The smallest absolute Gasteiger partial charge is 0.319 e. The number of carbonyl (C=O) groups excluding carboxylic acids is 1. The van der Waals surface area contributed by atoms with Crippen molar-refractivity contribution in [3.8, 4) is 0 Å². The molecule has 2 atom stereocenters. The van der Waals surface area contributed by atoms with Gasteiger partial charge >= 0.3 is 12.0 Å². The van der Waals surface area contributed by atoms with E-state index in [0.717, 1.165) is 0 Å². The maximum absolute atomic E-state index is 13.3. The van der Waals surface area contributed by atoms with Crippen molar-refractivity contribution < 1.29 is 27.9 Å². The lowest BCUT2D eigenvalue weighted by Crippen LogP contribution is -2.42. The van der Waals surface area contributed by atoms with Crippen molar-refractivity contribution in [1.82, 2.24) is 5.32 Å². The minimum Gasteiger partial charge on any atom is -0.481 e. The number of nitrogens with one attached hydrogen (secondary N) is 2. The predicted molar refractivity (Wildman–Crippen MR) is 64.7 cm³/mol. The van der Waals surface area contributed by atoms with E-state index in [1.54, 1.807) is 0 Å². The highest BCUT2D eigenvalue weighted by atomic mass is 19.1. The molecule has 1 aromatic carbocycles. The molecule has 0 spiro atoms. The van der Waals surface area contributed by atoms with E-state index in [-0.39, 0.29) is 0 Å². The first kappa shape index (κ1) is 15.8. The van der Waals surface area contributed by atoms with E-state index in [1.165, 1.54) is 13.8 Å². The van der Waals surface area contributed by atoms with Crippen molar-refractivity contribution in [3.05, 3.63) is 29.6 Å². The van der Waals surface area contributed by atoms with Crippen molar-refractivity contribution in [2.24, 2.45) is 5.92 Å². The highest BCUT2D eigenvalue weighted by molar-refractivity contribution is 5.90. The Morgan fingerprint density at radius 2 is 1.65 bits per heavy atom. The van der Waals surface area contributed by atoms with E-state index in [4.69, 9.17) is 5.11 Å². The highest BCUT2D eigenvalue weighted by Crippen LogP contribution is 2.20. The molecule has 110 valence electrons. The number of carbonyl (C=O) groups is 2. The molecule has 0 saturated carbocycles. The maximum Gasteiger partial charge on any atom is 0.319 e.